The second kappa shape index (κ2) is 4.39. The second-order valence-electron chi connectivity index (χ2n) is 3.87. The number of nitrogens with zero attached hydrogens (tertiary/aromatic N) is 1. The summed E-state index contributed by atoms with van der Waals surface area (Å²) in [6, 6.07) is 8.13. The molecule has 0 saturated carbocycles. The summed E-state index contributed by atoms with van der Waals surface area (Å²) >= 11 is 0. The van der Waals surface area contributed by atoms with E-state index in [1.54, 1.807) is 6.07 Å². The average molecular weight is 231 g/mol. The maximum absolute atomic E-state index is 10.7. The van der Waals surface area contributed by atoms with Crippen LogP contribution >= 0.6 is 0 Å². The Kier molecular flexibility index (Phi) is 2.93. The lowest BCUT2D eigenvalue weighted by atomic mass is 10.0. The summed E-state index contributed by atoms with van der Waals surface area (Å²) < 4.78 is 0. The highest BCUT2D eigenvalue weighted by atomic mass is 16.4. The van der Waals surface area contributed by atoms with Gasteiger partial charge in [-0.15, -0.1) is 0 Å². The van der Waals surface area contributed by atoms with Crippen LogP contribution in [0.3, 0.4) is 0 Å². The Labute approximate surface area is 98.1 Å². The number of rotatable bonds is 3. The van der Waals surface area contributed by atoms with Crippen LogP contribution in [0.4, 0.5) is 5.82 Å². The number of aliphatic carboxylic acids is 1. The Bertz CT molecular complexity index is 569. The summed E-state index contributed by atoms with van der Waals surface area (Å²) in [5, 5.41) is 9.69. The fourth-order valence-corrected chi connectivity index (χ4v) is 1.74. The van der Waals surface area contributed by atoms with Gasteiger partial charge in [0, 0.05) is 5.39 Å². The number of fused-ring (bicyclic) bond motifs is 1. The van der Waals surface area contributed by atoms with Crippen molar-refractivity contribution in [3.63, 3.8) is 0 Å². The molecule has 2 rings (SSSR count). The Morgan fingerprint density at radius 1 is 1.35 bits per heavy atom. The summed E-state index contributed by atoms with van der Waals surface area (Å²) in [6.45, 7) is 0. The maximum atomic E-state index is 10.7. The van der Waals surface area contributed by atoms with Crippen molar-refractivity contribution in [3.05, 3.63) is 35.9 Å². The number of aromatic nitrogens is 1. The zero-order valence-electron chi connectivity index (χ0n) is 9.13. The minimum atomic E-state index is -1.01. The molecule has 88 valence electrons. The molecule has 0 radical (unpaired) electrons. The summed E-state index contributed by atoms with van der Waals surface area (Å²) in [5.74, 6) is -0.567. The van der Waals surface area contributed by atoms with Crippen molar-refractivity contribution in [1.82, 2.24) is 4.98 Å². The summed E-state index contributed by atoms with van der Waals surface area (Å²) in [6.07, 6.45) is 0.276. The number of hydrogen-bond acceptors (Lipinski definition) is 4. The molecular formula is C12H13N3O2. The van der Waals surface area contributed by atoms with Gasteiger partial charge in [0.1, 0.15) is 11.9 Å². The van der Waals surface area contributed by atoms with Crippen LogP contribution in [0, 0.1) is 0 Å². The lowest BCUT2D eigenvalue weighted by molar-refractivity contribution is -0.138. The van der Waals surface area contributed by atoms with Crippen molar-refractivity contribution in [2.24, 2.45) is 5.73 Å². The number of carboxylic acid groups (broad SMARTS) is 1. The van der Waals surface area contributed by atoms with E-state index in [1.165, 1.54) is 0 Å². The molecule has 0 aliphatic rings. The topological polar surface area (TPSA) is 102 Å². The van der Waals surface area contributed by atoms with Crippen molar-refractivity contribution in [3.8, 4) is 0 Å². The first-order valence-electron chi connectivity index (χ1n) is 5.20. The van der Waals surface area contributed by atoms with Crippen molar-refractivity contribution >= 4 is 22.7 Å². The van der Waals surface area contributed by atoms with E-state index in [9.17, 15) is 4.79 Å². The van der Waals surface area contributed by atoms with Gasteiger partial charge < -0.3 is 16.6 Å². The molecule has 5 heteroatoms. The zero-order valence-corrected chi connectivity index (χ0v) is 9.13. The normalized spacial score (nSPS) is 12.5. The SMILES string of the molecule is Nc1ccc2c(C[C@@H](N)C(=O)O)cccc2n1. The van der Waals surface area contributed by atoms with E-state index in [1.807, 2.05) is 24.3 Å². The molecule has 0 spiro atoms. The number of carboxylic acids is 1. The average Bonchev–Trinajstić information content (AvgIpc) is 2.28. The van der Waals surface area contributed by atoms with Gasteiger partial charge in [-0.2, -0.15) is 0 Å². The molecule has 0 amide bonds. The zero-order chi connectivity index (χ0) is 12.4. The van der Waals surface area contributed by atoms with Crippen molar-refractivity contribution in [2.45, 2.75) is 12.5 Å². The largest absolute Gasteiger partial charge is 0.480 e. The van der Waals surface area contributed by atoms with Gasteiger partial charge in [-0.25, -0.2) is 4.98 Å². The van der Waals surface area contributed by atoms with Crippen LogP contribution in [0.15, 0.2) is 30.3 Å². The highest BCUT2D eigenvalue weighted by Gasteiger charge is 2.13. The van der Waals surface area contributed by atoms with E-state index in [2.05, 4.69) is 4.98 Å². The molecule has 1 atom stereocenters. The number of nitrogens with two attached hydrogens (primary N) is 2. The van der Waals surface area contributed by atoms with Crippen LogP contribution in [0.25, 0.3) is 10.9 Å². The summed E-state index contributed by atoms with van der Waals surface area (Å²) in [4.78, 5) is 14.9. The fraction of sp³-hybridized carbons (Fsp3) is 0.167. The van der Waals surface area contributed by atoms with Gasteiger partial charge in [-0.1, -0.05) is 12.1 Å². The van der Waals surface area contributed by atoms with Gasteiger partial charge in [0.25, 0.3) is 0 Å². The van der Waals surface area contributed by atoms with E-state index >= 15 is 0 Å². The lowest BCUT2D eigenvalue weighted by Gasteiger charge is -2.09. The molecule has 5 N–H and O–H groups in total. The van der Waals surface area contributed by atoms with Crippen LogP contribution in [0.2, 0.25) is 0 Å². The van der Waals surface area contributed by atoms with Crippen LogP contribution in [0.5, 0.6) is 0 Å². The molecule has 0 aliphatic carbocycles. The number of nitrogen functional groups attached to an aromatic ring is 1. The van der Waals surface area contributed by atoms with Gasteiger partial charge in [-0.3, -0.25) is 4.79 Å². The highest BCUT2D eigenvalue weighted by Crippen LogP contribution is 2.19. The van der Waals surface area contributed by atoms with Gasteiger partial charge in [0.05, 0.1) is 5.52 Å². The monoisotopic (exact) mass is 231 g/mol. The van der Waals surface area contributed by atoms with E-state index in [0.717, 1.165) is 16.5 Å². The van der Waals surface area contributed by atoms with E-state index in [4.69, 9.17) is 16.6 Å². The van der Waals surface area contributed by atoms with Crippen molar-refractivity contribution in [1.29, 1.82) is 0 Å². The Hall–Kier alpha value is -2.14. The Morgan fingerprint density at radius 2 is 2.12 bits per heavy atom. The fourth-order valence-electron chi connectivity index (χ4n) is 1.74. The smallest absolute Gasteiger partial charge is 0.320 e. The third-order valence-electron chi connectivity index (χ3n) is 2.60. The quantitative estimate of drug-likeness (QED) is 0.724. The number of carbonyl (C=O) groups is 1. The summed E-state index contributed by atoms with van der Waals surface area (Å²) in [5.41, 5.74) is 12.7. The minimum absolute atomic E-state index is 0.276. The van der Waals surface area contributed by atoms with Crippen molar-refractivity contribution < 1.29 is 9.90 Å². The first kappa shape index (κ1) is 11.3. The van der Waals surface area contributed by atoms with E-state index in [-0.39, 0.29) is 6.42 Å². The first-order valence-corrected chi connectivity index (χ1v) is 5.20. The molecule has 1 aromatic carbocycles. The van der Waals surface area contributed by atoms with Crippen LogP contribution < -0.4 is 11.5 Å². The molecule has 2 aromatic rings. The van der Waals surface area contributed by atoms with Gasteiger partial charge >= 0.3 is 5.97 Å². The molecule has 17 heavy (non-hydrogen) atoms. The lowest BCUT2D eigenvalue weighted by Crippen LogP contribution is -2.32. The summed E-state index contributed by atoms with van der Waals surface area (Å²) in [7, 11) is 0. The molecule has 1 aromatic heterocycles. The molecule has 0 unspecified atom stereocenters. The first-order chi connectivity index (χ1) is 8.08. The maximum Gasteiger partial charge on any atom is 0.320 e. The second-order valence-corrected chi connectivity index (χ2v) is 3.87. The highest BCUT2D eigenvalue weighted by molar-refractivity contribution is 5.84. The van der Waals surface area contributed by atoms with Gasteiger partial charge in [-0.05, 0) is 30.2 Å². The molecule has 0 saturated heterocycles. The Balaban J connectivity index is 2.44. The van der Waals surface area contributed by atoms with Crippen molar-refractivity contribution in [2.75, 3.05) is 5.73 Å². The third kappa shape index (κ3) is 2.34. The van der Waals surface area contributed by atoms with Gasteiger partial charge in [0.2, 0.25) is 0 Å². The predicted octanol–water partition coefficient (Wildman–Crippen LogP) is 0.771. The molecule has 0 aliphatic heterocycles. The Morgan fingerprint density at radius 3 is 2.82 bits per heavy atom. The standard InChI is InChI=1S/C12H13N3O2/c13-9(12(16)17)6-7-2-1-3-10-8(7)4-5-11(14)15-10/h1-5,9H,6,13H2,(H2,14,15)(H,16,17)/t9-/m1/s1. The molecule has 0 bridgehead atoms. The molecule has 5 nitrogen and oxygen atoms in total. The van der Waals surface area contributed by atoms with Crippen LogP contribution in [0.1, 0.15) is 5.56 Å². The number of anilines is 1. The molecule has 0 fully saturated rings. The van der Waals surface area contributed by atoms with Gasteiger partial charge in [0.15, 0.2) is 0 Å². The third-order valence-corrected chi connectivity index (χ3v) is 2.60. The van der Waals surface area contributed by atoms with Crippen LogP contribution in [-0.4, -0.2) is 22.1 Å². The molecule has 1 heterocycles. The number of pyridine rings is 1. The van der Waals surface area contributed by atoms with E-state index < -0.39 is 12.0 Å². The van der Waals surface area contributed by atoms with E-state index in [0.29, 0.717) is 5.82 Å². The minimum Gasteiger partial charge on any atom is -0.480 e. The number of benzene rings is 1. The predicted molar refractivity (Wildman–Crippen MR) is 65.5 cm³/mol. The van der Waals surface area contributed by atoms with Crippen LogP contribution in [-0.2, 0) is 11.2 Å². The number of hydrogen-bond donors (Lipinski definition) is 3. The molecular weight excluding hydrogens is 218 g/mol.